The first-order valence-corrected chi connectivity index (χ1v) is 5.95. The number of halogens is 5. The van der Waals surface area contributed by atoms with Crippen LogP contribution in [-0.4, -0.2) is 23.9 Å². The van der Waals surface area contributed by atoms with Crippen LogP contribution in [0.15, 0.2) is 18.2 Å². The summed E-state index contributed by atoms with van der Waals surface area (Å²) in [6.07, 6.45) is -4.81. The summed E-state index contributed by atoms with van der Waals surface area (Å²) in [6, 6.07) is 2.99. The predicted octanol–water partition coefficient (Wildman–Crippen LogP) is 3.40. The maximum Gasteiger partial charge on any atom is 0.403 e. The van der Waals surface area contributed by atoms with E-state index in [2.05, 4.69) is 5.32 Å². The molecule has 102 valence electrons. The quantitative estimate of drug-likeness (QED) is 0.874. The number of aliphatic hydroxyl groups is 1. The lowest BCUT2D eigenvalue weighted by molar-refractivity contribution is -0.159. The fraction of sp³-hybridized carbons (Fsp3) is 0.455. The molecule has 18 heavy (non-hydrogen) atoms. The maximum absolute atomic E-state index is 12.6. The molecule has 1 atom stereocenters. The number of rotatable bonds is 5. The molecule has 0 saturated carbocycles. The summed E-state index contributed by atoms with van der Waals surface area (Å²) in [5, 5.41) is 11.5. The molecule has 1 rings (SSSR count). The van der Waals surface area contributed by atoms with Gasteiger partial charge in [0.15, 0.2) is 0 Å². The third kappa shape index (κ3) is 4.31. The van der Waals surface area contributed by atoms with E-state index in [4.69, 9.17) is 28.3 Å². The zero-order valence-electron chi connectivity index (χ0n) is 9.27. The van der Waals surface area contributed by atoms with E-state index in [9.17, 15) is 13.2 Å². The first-order valence-electron chi connectivity index (χ1n) is 5.20. The van der Waals surface area contributed by atoms with Crippen molar-refractivity contribution in [3.63, 3.8) is 0 Å². The third-order valence-electron chi connectivity index (χ3n) is 2.38. The lowest BCUT2D eigenvalue weighted by Gasteiger charge is -2.21. The predicted molar refractivity (Wildman–Crippen MR) is 64.8 cm³/mol. The van der Waals surface area contributed by atoms with Gasteiger partial charge >= 0.3 is 6.18 Å². The summed E-state index contributed by atoms with van der Waals surface area (Å²) in [7, 11) is 0. The second-order valence-electron chi connectivity index (χ2n) is 3.70. The van der Waals surface area contributed by atoms with Gasteiger partial charge in [0.2, 0.25) is 0 Å². The van der Waals surface area contributed by atoms with Crippen LogP contribution in [-0.2, 0) is 6.54 Å². The highest BCUT2D eigenvalue weighted by Gasteiger charge is 2.38. The van der Waals surface area contributed by atoms with Crippen LogP contribution in [0, 0.1) is 0 Å². The first kappa shape index (κ1) is 15.6. The number of benzene rings is 1. The van der Waals surface area contributed by atoms with Crippen LogP contribution in [0.5, 0.6) is 0 Å². The average Bonchev–Trinajstić information content (AvgIpc) is 2.28. The zero-order chi connectivity index (χ0) is 13.8. The van der Waals surface area contributed by atoms with Crippen LogP contribution >= 0.6 is 23.2 Å². The largest absolute Gasteiger partial charge is 0.403 e. The molecular weight excluding hydrogens is 290 g/mol. The third-order valence-corrected chi connectivity index (χ3v) is 3.24. The van der Waals surface area contributed by atoms with Crippen LogP contribution < -0.4 is 5.32 Å². The smallest absolute Gasteiger partial charge is 0.396 e. The highest BCUT2D eigenvalue weighted by atomic mass is 35.5. The van der Waals surface area contributed by atoms with E-state index in [1.165, 1.54) is 0 Å². The molecule has 0 aromatic heterocycles. The van der Waals surface area contributed by atoms with Gasteiger partial charge in [0.25, 0.3) is 0 Å². The monoisotopic (exact) mass is 301 g/mol. The summed E-state index contributed by atoms with van der Waals surface area (Å²) < 4.78 is 37.7. The fourth-order valence-electron chi connectivity index (χ4n) is 1.43. The molecular formula is C11H12Cl2F3NO. The molecule has 0 amide bonds. The summed E-state index contributed by atoms with van der Waals surface area (Å²) in [4.78, 5) is 0. The van der Waals surface area contributed by atoms with Crippen molar-refractivity contribution in [2.75, 3.05) is 6.61 Å². The fourth-order valence-corrected chi connectivity index (χ4v) is 1.82. The van der Waals surface area contributed by atoms with Crippen molar-refractivity contribution >= 4 is 23.2 Å². The lowest BCUT2D eigenvalue weighted by Crippen LogP contribution is -2.42. The SMILES string of the molecule is OCCC(NCc1cccc(Cl)c1Cl)C(F)(F)F. The molecule has 0 bridgehead atoms. The Bertz CT molecular complexity index is 398. The Hall–Kier alpha value is -0.490. The highest BCUT2D eigenvalue weighted by molar-refractivity contribution is 6.42. The molecule has 0 radical (unpaired) electrons. The Labute approximate surface area is 113 Å². The summed E-state index contributed by atoms with van der Waals surface area (Å²) in [6.45, 7) is -0.607. The van der Waals surface area contributed by atoms with Gasteiger partial charge in [-0.2, -0.15) is 13.2 Å². The van der Waals surface area contributed by atoms with Crippen LogP contribution in [0.25, 0.3) is 0 Å². The van der Waals surface area contributed by atoms with E-state index in [0.29, 0.717) is 10.6 Å². The van der Waals surface area contributed by atoms with E-state index in [1.54, 1.807) is 18.2 Å². The van der Waals surface area contributed by atoms with Gasteiger partial charge in [0, 0.05) is 13.2 Å². The van der Waals surface area contributed by atoms with Crippen molar-refractivity contribution in [2.45, 2.75) is 25.2 Å². The molecule has 1 aromatic carbocycles. The van der Waals surface area contributed by atoms with Gasteiger partial charge in [-0.15, -0.1) is 0 Å². The van der Waals surface area contributed by atoms with E-state index in [-0.39, 0.29) is 11.6 Å². The van der Waals surface area contributed by atoms with Gasteiger partial charge in [-0.3, -0.25) is 0 Å². The van der Waals surface area contributed by atoms with Crippen molar-refractivity contribution < 1.29 is 18.3 Å². The molecule has 0 aliphatic heterocycles. The van der Waals surface area contributed by atoms with Crippen molar-refractivity contribution in [1.82, 2.24) is 5.32 Å². The topological polar surface area (TPSA) is 32.3 Å². The zero-order valence-corrected chi connectivity index (χ0v) is 10.8. The summed E-state index contributed by atoms with van der Waals surface area (Å²) in [5.41, 5.74) is 0.483. The number of hydrogen-bond acceptors (Lipinski definition) is 2. The number of aliphatic hydroxyl groups excluding tert-OH is 1. The minimum atomic E-state index is -4.41. The molecule has 0 aliphatic rings. The Morgan fingerprint density at radius 3 is 2.50 bits per heavy atom. The normalized spacial score (nSPS) is 13.7. The number of nitrogens with one attached hydrogen (secondary N) is 1. The standard InChI is InChI=1S/C11H12Cl2F3NO/c12-8-3-1-2-7(10(8)13)6-17-9(4-5-18)11(14,15)16/h1-3,9,17-18H,4-6H2. The van der Waals surface area contributed by atoms with E-state index >= 15 is 0 Å². The molecule has 1 aromatic rings. The van der Waals surface area contributed by atoms with Crippen LogP contribution in [0.2, 0.25) is 10.0 Å². The van der Waals surface area contributed by atoms with Gasteiger partial charge in [-0.1, -0.05) is 35.3 Å². The molecule has 0 aliphatic carbocycles. The maximum atomic E-state index is 12.6. The Kier molecular flexibility index (Phi) is 5.72. The van der Waals surface area contributed by atoms with Crippen molar-refractivity contribution in [3.05, 3.63) is 33.8 Å². The summed E-state index contributed by atoms with van der Waals surface area (Å²) >= 11 is 11.6. The Morgan fingerprint density at radius 1 is 1.28 bits per heavy atom. The number of alkyl halides is 3. The van der Waals surface area contributed by atoms with Gasteiger partial charge in [-0.05, 0) is 18.1 Å². The molecule has 2 nitrogen and oxygen atoms in total. The van der Waals surface area contributed by atoms with Gasteiger partial charge < -0.3 is 10.4 Å². The van der Waals surface area contributed by atoms with Crippen LogP contribution in [0.3, 0.4) is 0 Å². The van der Waals surface area contributed by atoms with Crippen molar-refractivity contribution in [2.24, 2.45) is 0 Å². The Balaban J connectivity index is 2.70. The van der Waals surface area contributed by atoms with Crippen molar-refractivity contribution in [3.8, 4) is 0 Å². The molecule has 0 saturated heterocycles. The average molecular weight is 302 g/mol. The van der Waals surface area contributed by atoms with Gasteiger partial charge in [-0.25, -0.2) is 0 Å². The van der Waals surface area contributed by atoms with E-state index in [0.717, 1.165) is 0 Å². The number of hydrogen-bond donors (Lipinski definition) is 2. The second-order valence-corrected chi connectivity index (χ2v) is 4.49. The molecule has 0 spiro atoms. The van der Waals surface area contributed by atoms with Crippen LogP contribution in [0.4, 0.5) is 13.2 Å². The summed E-state index contributed by atoms with van der Waals surface area (Å²) in [5.74, 6) is 0. The van der Waals surface area contributed by atoms with Gasteiger partial charge in [0.1, 0.15) is 6.04 Å². The molecule has 0 fully saturated rings. The minimum Gasteiger partial charge on any atom is -0.396 e. The minimum absolute atomic E-state index is 0.0659. The van der Waals surface area contributed by atoms with E-state index < -0.39 is 25.2 Å². The van der Waals surface area contributed by atoms with Crippen molar-refractivity contribution in [1.29, 1.82) is 0 Å². The van der Waals surface area contributed by atoms with Gasteiger partial charge in [0.05, 0.1) is 10.0 Å². The lowest BCUT2D eigenvalue weighted by atomic mass is 10.1. The molecule has 0 heterocycles. The second kappa shape index (κ2) is 6.61. The first-order chi connectivity index (χ1) is 8.36. The molecule has 7 heteroatoms. The highest BCUT2D eigenvalue weighted by Crippen LogP contribution is 2.27. The molecule has 1 unspecified atom stereocenters. The van der Waals surface area contributed by atoms with Crippen LogP contribution in [0.1, 0.15) is 12.0 Å². The Morgan fingerprint density at radius 2 is 1.94 bits per heavy atom. The molecule has 2 N–H and O–H groups in total. The van der Waals surface area contributed by atoms with E-state index in [1.807, 2.05) is 0 Å².